The summed E-state index contributed by atoms with van der Waals surface area (Å²) in [5.41, 5.74) is 5.48. The van der Waals surface area contributed by atoms with Gasteiger partial charge in [-0.25, -0.2) is 17.9 Å². The quantitative estimate of drug-likeness (QED) is 0.655. The van der Waals surface area contributed by atoms with Gasteiger partial charge in [0.2, 0.25) is 5.88 Å². The Morgan fingerprint density at radius 3 is 2.17 bits per heavy atom. The number of fused-ring (bicyclic) bond motifs is 2. The van der Waals surface area contributed by atoms with Crippen LogP contribution in [0.3, 0.4) is 0 Å². The fourth-order valence-electron chi connectivity index (χ4n) is 4.06. The van der Waals surface area contributed by atoms with Crippen LogP contribution in [0.15, 0.2) is 17.0 Å². The van der Waals surface area contributed by atoms with Crippen molar-refractivity contribution in [2.45, 2.75) is 43.4 Å². The van der Waals surface area contributed by atoms with Crippen molar-refractivity contribution >= 4 is 73.1 Å². The van der Waals surface area contributed by atoms with E-state index in [0.717, 1.165) is 61.4 Å². The van der Waals surface area contributed by atoms with Gasteiger partial charge in [-0.3, -0.25) is 0 Å². The molecule has 2 aliphatic rings. The fraction of sp³-hybridized carbons (Fsp3) is 0.421. The fourth-order valence-corrected chi connectivity index (χ4v) is 5.08. The molecule has 1 radical (unpaired) electrons. The molecule has 0 saturated heterocycles. The third-order valence-corrected chi connectivity index (χ3v) is 6.66. The molecule has 2 N–H and O–H groups in total. The summed E-state index contributed by atoms with van der Waals surface area (Å²) < 4.78 is 37.5. The topological polar surface area (TPSA) is 120 Å². The van der Waals surface area contributed by atoms with E-state index >= 15 is 0 Å². The normalized spacial score (nSPS) is 14.3. The number of sulfonamides is 1. The average molecular weight is 458 g/mol. The summed E-state index contributed by atoms with van der Waals surface area (Å²) in [5, 5.41) is 10.1. The van der Waals surface area contributed by atoms with Crippen LogP contribution in [0, 0.1) is 0 Å². The van der Waals surface area contributed by atoms with Crippen LogP contribution in [0.5, 0.6) is 11.8 Å². The molecule has 30 heavy (non-hydrogen) atoms. The number of hydrogen-bond donors (Lipinski definition) is 2. The van der Waals surface area contributed by atoms with Gasteiger partial charge >= 0.3 is 6.03 Å². The number of aryl methyl sites for hydroxylation is 2. The van der Waals surface area contributed by atoms with E-state index in [0.29, 0.717) is 0 Å². The molecule has 2 aromatic rings. The maximum Gasteiger partial charge on any atom is 0.333 e. The van der Waals surface area contributed by atoms with Crippen LogP contribution in [-0.4, -0.2) is 90.3 Å². The first-order chi connectivity index (χ1) is 13.9. The number of hydrogen-bond acceptors (Lipinski definition) is 7. The number of carbonyl (C=O) groups is 1. The van der Waals surface area contributed by atoms with E-state index in [1.165, 1.54) is 25.3 Å². The number of amides is 2. The van der Waals surface area contributed by atoms with E-state index in [1.54, 1.807) is 0 Å². The molecule has 0 fully saturated rings. The summed E-state index contributed by atoms with van der Waals surface area (Å²) in [4.78, 5) is 12.3. The second kappa shape index (κ2) is 9.49. The van der Waals surface area contributed by atoms with Crippen molar-refractivity contribution in [3.05, 3.63) is 34.4 Å². The van der Waals surface area contributed by atoms with Crippen LogP contribution < -0.4 is 19.5 Å². The van der Waals surface area contributed by atoms with Gasteiger partial charge in [0.15, 0.2) is 4.90 Å². The van der Waals surface area contributed by atoms with Gasteiger partial charge in [-0.15, -0.1) is 10.2 Å². The maximum absolute atomic E-state index is 12.8. The molecular weight excluding hydrogens is 435 g/mol. The summed E-state index contributed by atoms with van der Waals surface area (Å²) in [5.74, 6) is -0.238. The van der Waals surface area contributed by atoms with Gasteiger partial charge < -0.3 is 14.8 Å². The molecule has 1 heterocycles. The molecule has 0 atom stereocenters. The van der Waals surface area contributed by atoms with Crippen molar-refractivity contribution in [2.24, 2.45) is 0 Å². The molecule has 0 saturated carbocycles. The van der Waals surface area contributed by atoms with Crippen molar-refractivity contribution in [2.75, 3.05) is 19.5 Å². The van der Waals surface area contributed by atoms with Gasteiger partial charge in [0.05, 0.1) is 14.2 Å². The molecule has 155 valence electrons. The van der Waals surface area contributed by atoms with Crippen LogP contribution in [0.1, 0.15) is 35.1 Å². The number of methoxy groups -OCH3 is 2. The van der Waals surface area contributed by atoms with Crippen molar-refractivity contribution in [3.8, 4) is 11.8 Å². The Bertz CT molecular complexity index is 1060. The van der Waals surface area contributed by atoms with Crippen molar-refractivity contribution in [3.63, 3.8) is 0 Å². The molecule has 11 heteroatoms. The summed E-state index contributed by atoms with van der Waals surface area (Å²) in [6.45, 7) is 0. The molecule has 9 nitrogen and oxygen atoms in total. The monoisotopic (exact) mass is 457 g/mol. The standard InChI is InChI=1S/C19H22N4O5S.K/c1-27-16-10-15(18(28-2)22-21-16)29(25,26)23-19(24)20-17-13-7-3-5-11(13)9-12-6-4-8-14(12)17;/h9-10H,3-8H2,1-2H3,(H2,20,23,24);. The molecule has 0 spiro atoms. The van der Waals surface area contributed by atoms with Crippen LogP contribution in [0.4, 0.5) is 10.5 Å². The molecule has 2 aliphatic carbocycles. The number of rotatable bonds is 5. The Balaban J connectivity index is 0.00000256. The predicted molar refractivity (Wildman–Crippen MR) is 111 cm³/mol. The van der Waals surface area contributed by atoms with Crippen molar-refractivity contribution in [1.29, 1.82) is 0 Å². The van der Waals surface area contributed by atoms with Gasteiger partial charge in [0.1, 0.15) is 0 Å². The average Bonchev–Trinajstić information content (AvgIpc) is 3.36. The first-order valence-electron chi connectivity index (χ1n) is 9.39. The Morgan fingerprint density at radius 1 is 0.967 bits per heavy atom. The van der Waals surface area contributed by atoms with Crippen LogP contribution in [0.2, 0.25) is 0 Å². The Hall–Kier alpha value is -1.24. The smallest absolute Gasteiger partial charge is 0.333 e. The summed E-state index contributed by atoms with van der Waals surface area (Å²) in [6, 6.07) is 2.57. The summed E-state index contributed by atoms with van der Waals surface area (Å²) >= 11 is 0. The number of ether oxygens (including phenoxy) is 2. The van der Waals surface area contributed by atoms with E-state index in [4.69, 9.17) is 9.47 Å². The largest absolute Gasteiger partial charge is 0.480 e. The van der Waals surface area contributed by atoms with Gasteiger partial charge in [-0.1, -0.05) is 6.07 Å². The van der Waals surface area contributed by atoms with E-state index in [-0.39, 0.29) is 68.0 Å². The molecule has 0 unspecified atom stereocenters. The SMILES string of the molecule is COc1cc(S(=O)(=O)NC(=O)Nc2c3c(cc4c2CCC4)CCC3)c(OC)nn1.[K]. The van der Waals surface area contributed by atoms with Crippen LogP contribution in [0.25, 0.3) is 0 Å². The van der Waals surface area contributed by atoms with Crippen LogP contribution >= 0.6 is 0 Å². The molecule has 0 bridgehead atoms. The Labute approximate surface area is 217 Å². The van der Waals surface area contributed by atoms with E-state index in [1.807, 2.05) is 4.72 Å². The maximum atomic E-state index is 12.8. The minimum Gasteiger partial charge on any atom is -0.480 e. The molecular formula is C19H22KN4O5S. The summed E-state index contributed by atoms with van der Waals surface area (Å²) in [7, 11) is -1.65. The third kappa shape index (κ3) is 4.51. The van der Waals surface area contributed by atoms with Crippen molar-refractivity contribution < 1.29 is 22.7 Å². The number of aromatic nitrogens is 2. The van der Waals surface area contributed by atoms with Gasteiger partial charge in [0, 0.05) is 63.1 Å². The third-order valence-electron chi connectivity index (χ3n) is 5.34. The minimum atomic E-state index is -4.25. The van der Waals surface area contributed by atoms with E-state index in [9.17, 15) is 13.2 Å². The second-order valence-corrected chi connectivity index (χ2v) is 8.70. The first-order valence-corrected chi connectivity index (χ1v) is 10.9. The summed E-state index contributed by atoms with van der Waals surface area (Å²) in [6.07, 6.45) is 5.79. The molecule has 1 aromatic heterocycles. The number of urea groups is 1. The number of nitrogens with zero attached hydrogens (tertiary/aromatic N) is 2. The zero-order valence-corrected chi connectivity index (χ0v) is 21.2. The first kappa shape index (κ1) is 23.4. The molecule has 4 rings (SSSR count). The zero-order valence-electron chi connectivity index (χ0n) is 17.2. The number of nitrogens with one attached hydrogen (secondary N) is 2. The number of carbonyl (C=O) groups excluding carboxylic acids is 1. The second-order valence-electron chi connectivity index (χ2n) is 7.05. The van der Waals surface area contributed by atoms with Gasteiger partial charge in [-0.05, 0) is 60.8 Å². The Kier molecular flexibility index (Phi) is 7.41. The van der Waals surface area contributed by atoms with E-state index in [2.05, 4.69) is 21.6 Å². The minimum absolute atomic E-state index is 0. The van der Waals surface area contributed by atoms with Gasteiger partial charge in [-0.2, -0.15) is 0 Å². The van der Waals surface area contributed by atoms with Crippen LogP contribution in [-0.2, 0) is 35.7 Å². The molecule has 1 aromatic carbocycles. The predicted octanol–water partition coefficient (Wildman–Crippen LogP) is 1.60. The number of benzene rings is 1. The zero-order chi connectivity index (χ0) is 20.6. The van der Waals surface area contributed by atoms with Gasteiger partial charge in [0.25, 0.3) is 15.9 Å². The van der Waals surface area contributed by atoms with E-state index < -0.39 is 16.1 Å². The Morgan fingerprint density at radius 2 is 1.60 bits per heavy atom. The molecule has 0 aliphatic heterocycles. The molecule has 2 amide bonds. The van der Waals surface area contributed by atoms with Crippen molar-refractivity contribution in [1.82, 2.24) is 14.9 Å². The number of anilines is 1.